The molecule has 1 aromatic heterocycles. The smallest absolute Gasteiger partial charge is 0.256 e. The molecular weight excluding hydrogens is 298 g/mol. The molecule has 0 unspecified atom stereocenters. The summed E-state index contributed by atoms with van der Waals surface area (Å²) in [5, 5.41) is 3.80. The highest BCUT2D eigenvalue weighted by atomic mass is 79.9. The molecule has 1 aromatic carbocycles. The highest BCUT2D eigenvalue weighted by Gasteiger charge is 2.08. The lowest BCUT2D eigenvalue weighted by molar-refractivity contribution is 0.102. The van der Waals surface area contributed by atoms with E-state index in [9.17, 15) is 4.79 Å². The second-order valence-corrected chi connectivity index (χ2v) is 5.98. The van der Waals surface area contributed by atoms with Gasteiger partial charge in [0.2, 0.25) is 0 Å². The van der Waals surface area contributed by atoms with Crippen LogP contribution in [-0.2, 0) is 0 Å². The van der Waals surface area contributed by atoms with Crippen molar-refractivity contribution in [2.45, 2.75) is 13.8 Å². The van der Waals surface area contributed by atoms with Crippen molar-refractivity contribution in [2.75, 3.05) is 5.32 Å². The number of nitrogens with one attached hydrogen (secondary N) is 1. The van der Waals surface area contributed by atoms with Gasteiger partial charge in [0.15, 0.2) is 0 Å². The molecule has 0 saturated heterocycles. The third kappa shape index (κ3) is 2.96. The second kappa shape index (κ2) is 5.02. The fourth-order valence-electron chi connectivity index (χ4n) is 1.42. The zero-order chi connectivity index (χ0) is 12.4. The Morgan fingerprint density at radius 2 is 1.88 bits per heavy atom. The minimum Gasteiger partial charge on any atom is -0.314 e. The van der Waals surface area contributed by atoms with E-state index in [4.69, 9.17) is 0 Å². The van der Waals surface area contributed by atoms with Crippen LogP contribution in [0.4, 0.5) is 5.00 Å². The summed E-state index contributed by atoms with van der Waals surface area (Å²) in [6.07, 6.45) is 0. The van der Waals surface area contributed by atoms with Gasteiger partial charge >= 0.3 is 0 Å². The number of anilines is 1. The molecule has 0 aliphatic carbocycles. The van der Waals surface area contributed by atoms with Gasteiger partial charge in [0.05, 0.1) is 5.00 Å². The van der Waals surface area contributed by atoms with Crippen molar-refractivity contribution >= 4 is 38.2 Å². The normalized spacial score (nSPS) is 10.3. The number of hydrogen-bond acceptors (Lipinski definition) is 2. The van der Waals surface area contributed by atoms with Crippen LogP contribution >= 0.6 is 27.3 Å². The van der Waals surface area contributed by atoms with Gasteiger partial charge in [-0.2, -0.15) is 0 Å². The van der Waals surface area contributed by atoms with Crippen LogP contribution in [0.5, 0.6) is 0 Å². The summed E-state index contributed by atoms with van der Waals surface area (Å²) in [5.74, 6) is -0.0706. The summed E-state index contributed by atoms with van der Waals surface area (Å²) >= 11 is 4.94. The molecule has 0 radical (unpaired) electrons. The number of amides is 1. The predicted octanol–water partition coefficient (Wildman–Crippen LogP) is 4.38. The van der Waals surface area contributed by atoms with Crippen LogP contribution in [-0.4, -0.2) is 5.91 Å². The summed E-state index contributed by atoms with van der Waals surface area (Å²) < 4.78 is 0.969. The molecule has 0 bridgehead atoms. The van der Waals surface area contributed by atoms with Gasteiger partial charge < -0.3 is 5.32 Å². The molecule has 1 heterocycles. The van der Waals surface area contributed by atoms with E-state index in [1.54, 1.807) is 23.5 Å². The topological polar surface area (TPSA) is 29.1 Å². The SMILES string of the molecule is Cc1cc(NC(=O)c2ccc(Br)cc2)sc1C. The third-order valence-electron chi connectivity index (χ3n) is 2.51. The average molecular weight is 310 g/mol. The molecule has 88 valence electrons. The number of carbonyl (C=O) groups is 1. The van der Waals surface area contributed by atoms with Crippen LogP contribution in [0.2, 0.25) is 0 Å². The first-order chi connectivity index (χ1) is 8.06. The maximum atomic E-state index is 11.9. The van der Waals surface area contributed by atoms with Crippen molar-refractivity contribution in [3.8, 4) is 0 Å². The largest absolute Gasteiger partial charge is 0.314 e. The molecule has 0 atom stereocenters. The van der Waals surface area contributed by atoms with Gasteiger partial charge in [0, 0.05) is 14.9 Å². The lowest BCUT2D eigenvalue weighted by Crippen LogP contribution is -2.10. The van der Waals surface area contributed by atoms with Crippen molar-refractivity contribution in [1.82, 2.24) is 0 Å². The molecule has 17 heavy (non-hydrogen) atoms. The van der Waals surface area contributed by atoms with Gasteiger partial charge in [0.25, 0.3) is 5.91 Å². The Labute approximate surface area is 113 Å². The first-order valence-corrected chi connectivity index (χ1v) is 6.81. The van der Waals surface area contributed by atoms with E-state index in [2.05, 4.69) is 28.2 Å². The Hall–Kier alpha value is -1.13. The van der Waals surface area contributed by atoms with E-state index in [0.29, 0.717) is 5.56 Å². The minimum absolute atomic E-state index is 0.0706. The standard InChI is InChI=1S/C13H12BrNOS/c1-8-7-12(17-9(8)2)15-13(16)10-3-5-11(14)6-4-10/h3-7H,1-2H3,(H,15,16). The van der Waals surface area contributed by atoms with E-state index in [1.165, 1.54) is 10.4 Å². The van der Waals surface area contributed by atoms with Gasteiger partial charge in [-0.1, -0.05) is 15.9 Å². The Morgan fingerprint density at radius 1 is 1.24 bits per heavy atom. The first kappa shape index (κ1) is 12.3. The third-order valence-corrected chi connectivity index (χ3v) is 4.11. The summed E-state index contributed by atoms with van der Waals surface area (Å²) in [5.41, 5.74) is 1.87. The Kier molecular flexibility index (Phi) is 3.64. The molecule has 2 nitrogen and oxygen atoms in total. The highest BCUT2D eigenvalue weighted by Crippen LogP contribution is 2.26. The Bertz CT molecular complexity index is 526. The lowest BCUT2D eigenvalue weighted by Gasteiger charge is -2.02. The number of carbonyl (C=O) groups excluding carboxylic acids is 1. The van der Waals surface area contributed by atoms with Crippen molar-refractivity contribution in [3.63, 3.8) is 0 Å². The van der Waals surface area contributed by atoms with E-state index >= 15 is 0 Å². The molecule has 2 rings (SSSR count). The monoisotopic (exact) mass is 309 g/mol. The van der Waals surface area contributed by atoms with Crippen LogP contribution < -0.4 is 5.32 Å². The molecule has 4 heteroatoms. The van der Waals surface area contributed by atoms with E-state index in [1.807, 2.05) is 25.1 Å². The number of thiophene rings is 1. The summed E-state index contributed by atoms with van der Waals surface area (Å²) in [4.78, 5) is 13.2. The number of benzene rings is 1. The van der Waals surface area contributed by atoms with Crippen LogP contribution in [0.3, 0.4) is 0 Å². The van der Waals surface area contributed by atoms with Gasteiger partial charge in [-0.25, -0.2) is 0 Å². The lowest BCUT2D eigenvalue weighted by atomic mass is 10.2. The van der Waals surface area contributed by atoms with Crippen LogP contribution in [0, 0.1) is 13.8 Å². The summed E-state index contributed by atoms with van der Waals surface area (Å²) in [7, 11) is 0. The minimum atomic E-state index is -0.0706. The van der Waals surface area contributed by atoms with Crippen LogP contribution in [0.25, 0.3) is 0 Å². The van der Waals surface area contributed by atoms with Gasteiger partial charge in [-0.3, -0.25) is 4.79 Å². The van der Waals surface area contributed by atoms with Crippen molar-refractivity contribution in [3.05, 3.63) is 50.8 Å². The maximum absolute atomic E-state index is 11.9. The average Bonchev–Trinajstić information content (AvgIpc) is 2.58. The number of hydrogen-bond donors (Lipinski definition) is 1. The zero-order valence-corrected chi connectivity index (χ0v) is 12.0. The zero-order valence-electron chi connectivity index (χ0n) is 9.58. The fourth-order valence-corrected chi connectivity index (χ4v) is 2.61. The van der Waals surface area contributed by atoms with Crippen LogP contribution in [0.1, 0.15) is 20.8 Å². The molecule has 2 aromatic rings. The van der Waals surface area contributed by atoms with E-state index in [0.717, 1.165) is 9.47 Å². The van der Waals surface area contributed by atoms with Gasteiger partial charge in [-0.15, -0.1) is 11.3 Å². The van der Waals surface area contributed by atoms with E-state index in [-0.39, 0.29) is 5.91 Å². The molecular formula is C13H12BrNOS. The van der Waals surface area contributed by atoms with Crippen molar-refractivity contribution in [2.24, 2.45) is 0 Å². The Morgan fingerprint density at radius 3 is 2.41 bits per heavy atom. The van der Waals surface area contributed by atoms with Gasteiger partial charge in [0.1, 0.15) is 0 Å². The summed E-state index contributed by atoms with van der Waals surface area (Å²) in [6.45, 7) is 4.09. The highest BCUT2D eigenvalue weighted by molar-refractivity contribution is 9.10. The molecule has 1 amide bonds. The van der Waals surface area contributed by atoms with Crippen LogP contribution in [0.15, 0.2) is 34.8 Å². The molecule has 1 N–H and O–H groups in total. The fraction of sp³-hybridized carbons (Fsp3) is 0.154. The van der Waals surface area contributed by atoms with Gasteiger partial charge in [-0.05, 0) is 49.7 Å². The number of halogens is 1. The Balaban J connectivity index is 2.14. The summed E-state index contributed by atoms with van der Waals surface area (Å²) in [6, 6.07) is 9.32. The molecule has 0 saturated carbocycles. The first-order valence-electron chi connectivity index (χ1n) is 5.20. The molecule has 0 fully saturated rings. The maximum Gasteiger partial charge on any atom is 0.256 e. The van der Waals surface area contributed by atoms with E-state index < -0.39 is 0 Å². The molecule has 0 aliphatic rings. The number of rotatable bonds is 2. The van der Waals surface area contributed by atoms with Crippen molar-refractivity contribution < 1.29 is 4.79 Å². The molecule has 0 aliphatic heterocycles. The van der Waals surface area contributed by atoms with Crippen molar-refractivity contribution in [1.29, 1.82) is 0 Å². The predicted molar refractivity (Wildman–Crippen MR) is 75.9 cm³/mol. The molecule has 0 spiro atoms. The quantitative estimate of drug-likeness (QED) is 0.876. The second-order valence-electron chi connectivity index (χ2n) is 3.81. The number of aryl methyl sites for hydroxylation is 2.